The molecule has 1 unspecified atom stereocenters. The van der Waals surface area contributed by atoms with Crippen molar-refractivity contribution in [3.8, 4) is 0 Å². The lowest BCUT2D eigenvalue weighted by atomic mass is 10.0. The second kappa shape index (κ2) is 7.07. The Morgan fingerprint density at radius 2 is 1.88 bits per heavy atom. The standard InChI is InChI=1S/C20H22FN3O/c1-13-4-6-14(7-5-13)19(24(2)3)12-22-20(25)18-11-15-10-16(21)8-9-17(15)23-18/h4-11,19,23H,12H2,1-3H3,(H,22,25). The fraction of sp³-hybridized carbons (Fsp3) is 0.250. The predicted octanol–water partition coefficient (Wildman–Crippen LogP) is 3.65. The third kappa shape index (κ3) is 3.88. The Kier molecular flexibility index (Phi) is 4.86. The van der Waals surface area contributed by atoms with Crippen LogP contribution in [0.3, 0.4) is 0 Å². The quantitative estimate of drug-likeness (QED) is 0.745. The first-order valence-corrected chi connectivity index (χ1v) is 8.23. The number of aromatic nitrogens is 1. The van der Waals surface area contributed by atoms with E-state index in [1.807, 2.05) is 14.1 Å². The first-order chi connectivity index (χ1) is 11.9. The van der Waals surface area contributed by atoms with Crippen LogP contribution in [0.25, 0.3) is 10.9 Å². The SMILES string of the molecule is Cc1ccc(C(CNC(=O)c2cc3cc(F)ccc3[nH]2)N(C)C)cc1. The van der Waals surface area contributed by atoms with E-state index in [0.29, 0.717) is 17.6 Å². The second-order valence-corrected chi connectivity index (χ2v) is 6.51. The molecule has 1 heterocycles. The molecule has 1 amide bonds. The number of likely N-dealkylation sites (N-methyl/N-ethyl adjacent to an activating group) is 1. The molecule has 2 aromatic carbocycles. The van der Waals surface area contributed by atoms with Gasteiger partial charge < -0.3 is 15.2 Å². The molecule has 0 saturated carbocycles. The van der Waals surface area contributed by atoms with Crippen molar-refractivity contribution >= 4 is 16.8 Å². The zero-order valence-corrected chi connectivity index (χ0v) is 14.6. The summed E-state index contributed by atoms with van der Waals surface area (Å²) in [6.45, 7) is 2.54. The summed E-state index contributed by atoms with van der Waals surface area (Å²) in [4.78, 5) is 17.6. The number of nitrogens with zero attached hydrogens (tertiary/aromatic N) is 1. The van der Waals surface area contributed by atoms with Gasteiger partial charge in [0.15, 0.2) is 0 Å². The maximum Gasteiger partial charge on any atom is 0.267 e. The van der Waals surface area contributed by atoms with Crippen molar-refractivity contribution in [2.75, 3.05) is 20.6 Å². The van der Waals surface area contributed by atoms with Gasteiger partial charge in [0, 0.05) is 17.4 Å². The molecule has 3 aromatic rings. The summed E-state index contributed by atoms with van der Waals surface area (Å²) >= 11 is 0. The lowest BCUT2D eigenvalue weighted by Gasteiger charge is -2.25. The van der Waals surface area contributed by atoms with Crippen LogP contribution in [0.2, 0.25) is 0 Å². The van der Waals surface area contributed by atoms with Gasteiger partial charge in [-0.25, -0.2) is 4.39 Å². The molecule has 0 aliphatic rings. The summed E-state index contributed by atoms with van der Waals surface area (Å²) < 4.78 is 13.3. The van der Waals surface area contributed by atoms with Crippen molar-refractivity contribution in [1.82, 2.24) is 15.2 Å². The van der Waals surface area contributed by atoms with Crippen LogP contribution in [0.1, 0.15) is 27.7 Å². The van der Waals surface area contributed by atoms with Gasteiger partial charge in [-0.1, -0.05) is 29.8 Å². The number of fused-ring (bicyclic) bond motifs is 1. The average molecular weight is 339 g/mol. The van der Waals surface area contributed by atoms with E-state index in [0.717, 1.165) is 11.1 Å². The Morgan fingerprint density at radius 1 is 1.16 bits per heavy atom. The van der Waals surface area contributed by atoms with Crippen molar-refractivity contribution in [2.45, 2.75) is 13.0 Å². The molecular weight excluding hydrogens is 317 g/mol. The van der Waals surface area contributed by atoms with Crippen molar-refractivity contribution in [1.29, 1.82) is 0 Å². The van der Waals surface area contributed by atoms with E-state index in [4.69, 9.17) is 0 Å². The normalized spacial score (nSPS) is 12.5. The molecule has 3 rings (SSSR count). The minimum atomic E-state index is -0.314. The van der Waals surface area contributed by atoms with Crippen LogP contribution in [0.15, 0.2) is 48.5 Å². The predicted molar refractivity (Wildman–Crippen MR) is 98.2 cm³/mol. The zero-order valence-electron chi connectivity index (χ0n) is 14.6. The highest BCUT2D eigenvalue weighted by molar-refractivity contribution is 5.98. The van der Waals surface area contributed by atoms with E-state index in [2.05, 4.69) is 46.4 Å². The summed E-state index contributed by atoms with van der Waals surface area (Å²) in [6.07, 6.45) is 0. The number of halogens is 1. The lowest BCUT2D eigenvalue weighted by molar-refractivity contribution is 0.0937. The topological polar surface area (TPSA) is 48.1 Å². The Balaban J connectivity index is 1.73. The molecule has 5 heteroatoms. The van der Waals surface area contributed by atoms with Crippen LogP contribution < -0.4 is 5.32 Å². The van der Waals surface area contributed by atoms with Crippen LogP contribution in [-0.2, 0) is 0 Å². The molecule has 0 fully saturated rings. The van der Waals surface area contributed by atoms with Crippen LogP contribution in [0.4, 0.5) is 4.39 Å². The number of hydrogen-bond acceptors (Lipinski definition) is 2. The van der Waals surface area contributed by atoms with Crippen molar-refractivity contribution in [2.24, 2.45) is 0 Å². The van der Waals surface area contributed by atoms with Gasteiger partial charge >= 0.3 is 0 Å². The van der Waals surface area contributed by atoms with Gasteiger partial charge in [-0.3, -0.25) is 4.79 Å². The molecule has 0 spiro atoms. The largest absolute Gasteiger partial charge is 0.351 e. The minimum Gasteiger partial charge on any atom is -0.351 e. The highest BCUT2D eigenvalue weighted by Gasteiger charge is 2.17. The van der Waals surface area contributed by atoms with Crippen LogP contribution >= 0.6 is 0 Å². The molecular formula is C20H22FN3O. The number of aryl methyl sites for hydroxylation is 1. The fourth-order valence-electron chi connectivity index (χ4n) is 2.90. The van der Waals surface area contributed by atoms with Gasteiger partial charge in [0.1, 0.15) is 11.5 Å². The van der Waals surface area contributed by atoms with Crippen molar-refractivity contribution in [3.05, 3.63) is 71.2 Å². The van der Waals surface area contributed by atoms with E-state index < -0.39 is 0 Å². The van der Waals surface area contributed by atoms with E-state index in [1.165, 1.54) is 17.7 Å². The molecule has 1 atom stereocenters. The number of hydrogen-bond donors (Lipinski definition) is 2. The van der Waals surface area contributed by atoms with Crippen molar-refractivity contribution < 1.29 is 9.18 Å². The number of amides is 1. The van der Waals surface area contributed by atoms with E-state index >= 15 is 0 Å². The highest BCUT2D eigenvalue weighted by Crippen LogP contribution is 2.19. The number of carbonyl (C=O) groups excluding carboxylic acids is 1. The number of carbonyl (C=O) groups is 1. The summed E-state index contributed by atoms with van der Waals surface area (Å²) in [7, 11) is 3.98. The Bertz CT molecular complexity index is 884. The lowest BCUT2D eigenvalue weighted by Crippen LogP contribution is -2.34. The van der Waals surface area contributed by atoms with Gasteiger partial charge in [0.05, 0.1) is 6.04 Å². The number of H-pyrrole nitrogens is 1. The monoisotopic (exact) mass is 339 g/mol. The third-order valence-electron chi connectivity index (χ3n) is 4.37. The summed E-state index contributed by atoms with van der Waals surface area (Å²) in [5.41, 5.74) is 3.53. The molecule has 0 saturated heterocycles. The van der Waals surface area contributed by atoms with E-state index in [9.17, 15) is 9.18 Å². The Morgan fingerprint density at radius 3 is 2.56 bits per heavy atom. The van der Waals surface area contributed by atoms with Gasteiger partial charge in [0.2, 0.25) is 0 Å². The number of nitrogens with one attached hydrogen (secondary N) is 2. The molecule has 2 N–H and O–H groups in total. The van der Waals surface area contributed by atoms with Crippen LogP contribution in [0.5, 0.6) is 0 Å². The molecule has 0 aliphatic carbocycles. The zero-order chi connectivity index (χ0) is 18.0. The smallest absolute Gasteiger partial charge is 0.267 e. The van der Waals surface area contributed by atoms with Gasteiger partial charge in [0.25, 0.3) is 5.91 Å². The fourth-order valence-corrected chi connectivity index (χ4v) is 2.90. The van der Waals surface area contributed by atoms with E-state index in [-0.39, 0.29) is 17.8 Å². The summed E-state index contributed by atoms with van der Waals surface area (Å²) in [5, 5.41) is 3.65. The number of rotatable bonds is 5. The molecule has 0 bridgehead atoms. The maximum absolute atomic E-state index is 13.3. The molecule has 25 heavy (non-hydrogen) atoms. The van der Waals surface area contributed by atoms with E-state index in [1.54, 1.807) is 12.1 Å². The third-order valence-corrected chi connectivity index (χ3v) is 4.37. The summed E-state index contributed by atoms with van der Waals surface area (Å²) in [6, 6.07) is 14.5. The van der Waals surface area contributed by atoms with Gasteiger partial charge in [-0.05, 0) is 50.8 Å². The Labute approximate surface area is 146 Å². The average Bonchev–Trinajstić information content (AvgIpc) is 2.99. The number of aromatic amines is 1. The molecule has 1 aromatic heterocycles. The molecule has 0 radical (unpaired) electrons. The molecule has 130 valence electrons. The van der Waals surface area contributed by atoms with Crippen LogP contribution in [0, 0.1) is 12.7 Å². The minimum absolute atomic E-state index is 0.0753. The first-order valence-electron chi connectivity index (χ1n) is 8.23. The van der Waals surface area contributed by atoms with Crippen molar-refractivity contribution in [3.63, 3.8) is 0 Å². The molecule has 4 nitrogen and oxygen atoms in total. The maximum atomic E-state index is 13.3. The highest BCUT2D eigenvalue weighted by atomic mass is 19.1. The Hall–Kier alpha value is -2.66. The number of benzene rings is 2. The first kappa shape index (κ1) is 17.2. The van der Waals surface area contributed by atoms with Gasteiger partial charge in [-0.2, -0.15) is 0 Å². The van der Waals surface area contributed by atoms with Gasteiger partial charge in [-0.15, -0.1) is 0 Å². The molecule has 0 aliphatic heterocycles. The van der Waals surface area contributed by atoms with Crippen LogP contribution in [-0.4, -0.2) is 36.4 Å². The summed E-state index contributed by atoms with van der Waals surface area (Å²) in [5.74, 6) is -0.513. The second-order valence-electron chi connectivity index (χ2n) is 6.51.